The van der Waals surface area contributed by atoms with E-state index < -0.39 is 0 Å². The average Bonchev–Trinajstić information content (AvgIpc) is 2.42. The molecule has 0 bridgehead atoms. The molecule has 0 unspecified atom stereocenters. The van der Waals surface area contributed by atoms with Crippen LogP contribution < -0.4 is 15.8 Å². The Morgan fingerprint density at radius 2 is 1.56 bits per heavy atom. The van der Waals surface area contributed by atoms with Gasteiger partial charge in [-0.25, -0.2) is 0 Å². The minimum atomic E-state index is 1.02. The van der Waals surface area contributed by atoms with E-state index >= 15 is 0 Å². The fourth-order valence-corrected chi connectivity index (χ4v) is 1.85. The van der Waals surface area contributed by atoms with Crippen molar-refractivity contribution >= 4 is 17.8 Å². The Kier molecular flexibility index (Phi) is 3.98. The summed E-state index contributed by atoms with van der Waals surface area (Å²) in [7, 11) is 1.91. The van der Waals surface area contributed by atoms with Crippen LogP contribution in [0.1, 0.15) is 5.56 Å². The minimum Gasteiger partial charge on any atom is -0.393 e. The molecule has 0 radical (unpaired) electrons. The molecule has 0 heterocycles. The van der Waals surface area contributed by atoms with E-state index in [1.165, 1.54) is 5.22 Å². The molecule has 0 aliphatic heterocycles. The maximum atomic E-state index is 4.13. The normalized spacial score (nSPS) is 12.5. The largest absolute Gasteiger partial charge is 0.393 e. The predicted octanol–water partition coefficient (Wildman–Crippen LogP) is 2.14. The van der Waals surface area contributed by atoms with Crippen LogP contribution >= 0.6 is 0 Å². The van der Waals surface area contributed by atoms with Crippen molar-refractivity contribution in [2.75, 3.05) is 7.05 Å². The lowest BCUT2D eigenvalue weighted by atomic mass is 10.1. The first-order valence-corrected chi connectivity index (χ1v) is 6.00. The second-order valence-electron chi connectivity index (χ2n) is 4.10. The van der Waals surface area contributed by atoms with Crippen LogP contribution in [0.5, 0.6) is 0 Å². The van der Waals surface area contributed by atoms with Crippen LogP contribution in [0.2, 0.25) is 0 Å². The molecular formula is C17H17N. The first kappa shape index (κ1) is 12.2. The van der Waals surface area contributed by atoms with Crippen molar-refractivity contribution in [2.45, 2.75) is 0 Å². The molecule has 2 aromatic carbocycles. The highest BCUT2D eigenvalue weighted by atomic mass is 14.8. The zero-order valence-electron chi connectivity index (χ0n) is 10.6. The predicted molar refractivity (Wildman–Crippen MR) is 79.2 cm³/mol. The summed E-state index contributed by atoms with van der Waals surface area (Å²) in [5.74, 6) is 0. The van der Waals surface area contributed by atoms with E-state index in [9.17, 15) is 0 Å². The molecule has 2 rings (SSSR count). The molecule has 0 atom stereocenters. The van der Waals surface area contributed by atoms with Gasteiger partial charge >= 0.3 is 0 Å². The van der Waals surface area contributed by atoms with Crippen LogP contribution in [0.4, 0.5) is 0 Å². The van der Waals surface area contributed by atoms with Gasteiger partial charge in [0, 0.05) is 13.2 Å². The van der Waals surface area contributed by atoms with Gasteiger partial charge in [-0.05, 0) is 27.6 Å². The fraction of sp³-hybridized carbons (Fsp3) is 0.0588. The second kappa shape index (κ2) is 5.87. The Balaban J connectivity index is 2.47. The van der Waals surface area contributed by atoms with Gasteiger partial charge in [0.2, 0.25) is 0 Å². The van der Waals surface area contributed by atoms with Crippen molar-refractivity contribution in [1.82, 2.24) is 5.32 Å². The van der Waals surface area contributed by atoms with E-state index in [0.717, 1.165) is 16.4 Å². The average molecular weight is 235 g/mol. The Morgan fingerprint density at radius 3 is 2.22 bits per heavy atom. The van der Waals surface area contributed by atoms with Gasteiger partial charge in [-0.2, -0.15) is 0 Å². The van der Waals surface area contributed by atoms with E-state index in [4.69, 9.17) is 0 Å². The zero-order valence-corrected chi connectivity index (χ0v) is 10.6. The molecule has 2 aromatic rings. The number of allylic oxidation sites excluding steroid dienone is 1. The Bertz CT molecular complexity index is 639. The molecule has 1 heteroatoms. The second-order valence-corrected chi connectivity index (χ2v) is 4.10. The lowest BCUT2D eigenvalue weighted by molar-refractivity contribution is 1.17. The van der Waals surface area contributed by atoms with Crippen molar-refractivity contribution < 1.29 is 0 Å². The third-order valence-electron chi connectivity index (χ3n) is 2.77. The number of hydrogen-bond acceptors (Lipinski definition) is 1. The summed E-state index contributed by atoms with van der Waals surface area (Å²) in [5.41, 5.74) is 2.17. The Morgan fingerprint density at radius 1 is 0.944 bits per heavy atom. The molecule has 0 saturated heterocycles. The van der Waals surface area contributed by atoms with Crippen LogP contribution in [0, 0.1) is 0 Å². The van der Waals surface area contributed by atoms with E-state index in [1.807, 2.05) is 43.6 Å². The molecular weight excluding hydrogens is 218 g/mol. The van der Waals surface area contributed by atoms with E-state index in [-0.39, 0.29) is 0 Å². The molecule has 0 aliphatic carbocycles. The van der Waals surface area contributed by atoms with Crippen molar-refractivity contribution in [3.05, 3.63) is 77.2 Å². The third-order valence-corrected chi connectivity index (χ3v) is 2.77. The maximum absolute atomic E-state index is 4.13. The van der Waals surface area contributed by atoms with Crippen molar-refractivity contribution in [3.63, 3.8) is 0 Å². The molecule has 18 heavy (non-hydrogen) atoms. The maximum Gasteiger partial charge on any atom is 0.00412 e. The minimum absolute atomic E-state index is 1.02. The molecule has 90 valence electrons. The molecule has 0 fully saturated rings. The highest BCUT2D eigenvalue weighted by Gasteiger charge is 1.93. The lowest BCUT2D eigenvalue weighted by Gasteiger charge is -1.99. The van der Waals surface area contributed by atoms with Crippen LogP contribution in [0.3, 0.4) is 0 Å². The van der Waals surface area contributed by atoms with Gasteiger partial charge in [-0.1, -0.05) is 61.2 Å². The van der Waals surface area contributed by atoms with Gasteiger partial charge in [-0.3, -0.25) is 0 Å². The summed E-state index contributed by atoms with van der Waals surface area (Å²) in [6.07, 6.45) is 4.10. The van der Waals surface area contributed by atoms with Gasteiger partial charge in [-0.15, -0.1) is 0 Å². The van der Waals surface area contributed by atoms with Gasteiger partial charge < -0.3 is 5.32 Å². The van der Waals surface area contributed by atoms with E-state index in [0.29, 0.717) is 0 Å². The van der Waals surface area contributed by atoms with Crippen molar-refractivity contribution in [2.24, 2.45) is 0 Å². The van der Waals surface area contributed by atoms with Crippen LogP contribution in [-0.4, -0.2) is 7.05 Å². The van der Waals surface area contributed by atoms with Gasteiger partial charge in [0.1, 0.15) is 0 Å². The molecule has 0 amide bonds. The Hall–Kier alpha value is -2.28. The van der Waals surface area contributed by atoms with Crippen LogP contribution in [-0.2, 0) is 0 Å². The summed E-state index contributed by atoms with van der Waals surface area (Å²) in [6.45, 7) is 4.13. The molecule has 0 spiro atoms. The molecule has 0 aliphatic rings. The molecule has 0 aromatic heterocycles. The number of hydrogen-bond donors (Lipinski definition) is 1. The Labute approximate surface area is 108 Å². The summed E-state index contributed by atoms with van der Waals surface area (Å²) < 4.78 is 0. The highest BCUT2D eigenvalue weighted by molar-refractivity contribution is 5.86. The monoisotopic (exact) mass is 235 g/mol. The first-order chi connectivity index (χ1) is 8.81. The topological polar surface area (TPSA) is 12.0 Å². The molecule has 0 saturated carbocycles. The molecule has 1 N–H and O–H groups in total. The third kappa shape index (κ3) is 2.89. The summed E-state index contributed by atoms with van der Waals surface area (Å²) in [4.78, 5) is 0. The number of nitrogens with one attached hydrogen (secondary N) is 1. The van der Waals surface area contributed by atoms with E-state index in [1.54, 1.807) is 0 Å². The fourth-order valence-electron chi connectivity index (χ4n) is 1.85. The van der Waals surface area contributed by atoms with E-state index in [2.05, 4.69) is 42.2 Å². The summed E-state index contributed by atoms with van der Waals surface area (Å²) in [6, 6.07) is 18.5. The van der Waals surface area contributed by atoms with Gasteiger partial charge in [0.25, 0.3) is 0 Å². The van der Waals surface area contributed by atoms with Crippen LogP contribution in [0.25, 0.3) is 17.8 Å². The highest BCUT2D eigenvalue weighted by Crippen LogP contribution is 2.11. The standard InChI is InChI=1S/C17H17N/c1-14(15-8-4-3-5-9-15)12-16-10-6-7-11-17(16)13-18-2/h3-13,18H,1H2,2H3/b16-12-,17-13-. The quantitative estimate of drug-likeness (QED) is 0.859. The van der Waals surface area contributed by atoms with Crippen molar-refractivity contribution in [3.8, 4) is 0 Å². The van der Waals surface area contributed by atoms with Gasteiger partial charge in [0.15, 0.2) is 0 Å². The lowest BCUT2D eigenvalue weighted by Crippen LogP contribution is -2.26. The first-order valence-electron chi connectivity index (χ1n) is 6.00. The van der Waals surface area contributed by atoms with Gasteiger partial charge in [0.05, 0.1) is 0 Å². The zero-order chi connectivity index (χ0) is 12.8. The number of rotatable bonds is 3. The number of benzene rings is 2. The summed E-state index contributed by atoms with van der Waals surface area (Å²) >= 11 is 0. The summed E-state index contributed by atoms with van der Waals surface area (Å²) in [5, 5.41) is 5.39. The van der Waals surface area contributed by atoms with Crippen LogP contribution in [0.15, 0.2) is 61.2 Å². The smallest absolute Gasteiger partial charge is 0.00412 e. The van der Waals surface area contributed by atoms with Crippen molar-refractivity contribution in [1.29, 1.82) is 0 Å². The molecule has 1 nitrogen and oxygen atoms in total. The SMILES string of the molecule is C=C(/C=c1/cccc/c1=C/NC)c1ccccc1.